The maximum absolute atomic E-state index is 12.9. The van der Waals surface area contributed by atoms with Crippen molar-refractivity contribution in [3.05, 3.63) is 47.3 Å². The van der Waals surface area contributed by atoms with E-state index < -0.39 is 23.5 Å². The molecule has 0 unspecified atom stereocenters. The van der Waals surface area contributed by atoms with Crippen LogP contribution in [-0.4, -0.2) is 29.6 Å². The molecule has 20 heavy (non-hydrogen) atoms. The van der Waals surface area contributed by atoms with Crippen LogP contribution < -0.4 is 0 Å². The first-order valence-electron chi connectivity index (χ1n) is 5.64. The Morgan fingerprint density at radius 2 is 2.05 bits per heavy atom. The fourth-order valence-electron chi connectivity index (χ4n) is 1.64. The maximum Gasteiger partial charge on any atom is 0.416 e. The molecule has 0 aliphatic rings. The molecule has 0 radical (unpaired) electrons. The predicted molar refractivity (Wildman–Crippen MR) is 64.5 cm³/mol. The molecule has 1 rings (SSSR count). The number of hydrogen-bond acceptors (Lipinski definition) is 2. The van der Waals surface area contributed by atoms with E-state index in [-0.39, 0.29) is 18.7 Å². The van der Waals surface area contributed by atoms with Gasteiger partial charge in [0.1, 0.15) is 5.82 Å². The Kier molecular flexibility index (Phi) is 5.26. The van der Waals surface area contributed by atoms with Crippen LogP contribution in [0.3, 0.4) is 0 Å². The molecule has 0 aliphatic heterocycles. The van der Waals surface area contributed by atoms with Crippen molar-refractivity contribution in [2.45, 2.75) is 12.7 Å². The highest BCUT2D eigenvalue weighted by Gasteiger charge is 2.33. The van der Waals surface area contributed by atoms with Gasteiger partial charge >= 0.3 is 12.1 Å². The SMILES string of the molecule is CN(C/C=C/C(=O)O)Cc1ccc(F)cc1C(F)(F)F. The van der Waals surface area contributed by atoms with Crippen LogP contribution in [-0.2, 0) is 17.5 Å². The summed E-state index contributed by atoms with van der Waals surface area (Å²) in [6, 6.07) is 2.50. The van der Waals surface area contributed by atoms with Crippen LogP contribution in [0.4, 0.5) is 17.6 Å². The number of carbonyl (C=O) groups is 1. The Morgan fingerprint density at radius 1 is 1.40 bits per heavy atom. The molecule has 0 spiro atoms. The molecule has 0 atom stereocenters. The van der Waals surface area contributed by atoms with Gasteiger partial charge in [0.05, 0.1) is 5.56 Å². The zero-order chi connectivity index (χ0) is 15.3. The second-order valence-electron chi connectivity index (χ2n) is 4.24. The summed E-state index contributed by atoms with van der Waals surface area (Å²) in [6.07, 6.45) is -2.40. The van der Waals surface area contributed by atoms with Gasteiger partial charge < -0.3 is 5.11 Å². The number of hydrogen-bond donors (Lipinski definition) is 1. The Morgan fingerprint density at radius 3 is 2.60 bits per heavy atom. The molecular formula is C13H13F4NO2. The summed E-state index contributed by atoms with van der Waals surface area (Å²) < 4.78 is 51.2. The Balaban J connectivity index is 2.84. The van der Waals surface area contributed by atoms with Crippen LogP contribution in [0.25, 0.3) is 0 Å². The van der Waals surface area contributed by atoms with E-state index in [4.69, 9.17) is 5.11 Å². The highest BCUT2D eigenvalue weighted by molar-refractivity contribution is 5.79. The summed E-state index contributed by atoms with van der Waals surface area (Å²) in [7, 11) is 1.54. The maximum atomic E-state index is 12.9. The number of nitrogens with zero attached hydrogens (tertiary/aromatic N) is 1. The molecule has 0 saturated heterocycles. The molecule has 110 valence electrons. The molecule has 0 heterocycles. The van der Waals surface area contributed by atoms with Gasteiger partial charge in [0.25, 0.3) is 0 Å². The van der Waals surface area contributed by atoms with E-state index in [0.29, 0.717) is 6.07 Å². The molecule has 0 bridgehead atoms. The van der Waals surface area contributed by atoms with Gasteiger partial charge in [-0.15, -0.1) is 0 Å². The van der Waals surface area contributed by atoms with Crippen LogP contribution in [0.5, 0.6) is 0 Å². The average Bonchev–Trinajstić information content (AvgIpc) is 2.29. The molecule has 0 aliphatic carbocycles. The van der Waals surface area contributed by atoms with Gasteiger partial charge in [-0.05, 0) is 24.7 Å². The summed E-state index contributed by atoms with van der Waals surface area (Å²) in [5.41, 5.74) is -1.09. The van der Waals surface area contributed by atoms with Crippen molar-refractivity contribution in [1.29, 1.82) is 0 Å². The molecule has 3 nitrogen and oxygen atoms in total. The quantitative estimate of drug-likeness (QED) is 0.670. The van der Waals surface area contributed by atoms with Crippen molar-refractivity contribution in [3.63, 3.8) is 0 Å². The second-order valence-corrected chi connectivity index (χ2v) is 4.24. The second kappa shape index (κ2) is 6.51. The van der Waals surface area contributed by atoms with E-state index in [1.165, 1.54) is 18.0 Å². The van der Waals surface area contributed by atoms with Crippen LogP contribution in [0.1, 0.15) is 11.1 Å². The zero-order valence-corrected chi connectivity index (χ0v) is 10.6. The predicted octanol–water partition coefficient (Wildman–Crippen LogP) is 2.92. The Hall–Kier alpha value is -1.89. The standard InChI is InChI=1S/C13H13F4NO2/c1-18(6-2-3-12(19)20)8-9-4-5-10(14)7-11(9)13(15,16)17/h2-5,7H,6,8H2,1H3,(H,19,20)/b3-2+. The van der Waals surface area contributed by atoms with Crippen molar-refractivity contribution < 1.29 is 27.5 Å². The van der Waals surface area contributed by atoms with Crippen molar-refractivity contribution >= 4 is 5.97 Å². The van der Waals surface area contributed by atoms with E-state index in [1.54, 1.807) is 0 Å². The van der Waals surface area contributed by atoms with E-state index in [0.717, 1.165) is 18.2 Å². The van der Waals surface area contributed by atoms with E-state index in [9.17, 15) is 22.4 Å². The molecule has 1 aromatic rings. The first-order valence-corrected chi connectivity index (χ1v) is 5.64. The summed E-state index contributed by atoms with van der Waals surface area (Å²) >= 11 is 0. The normalized spacial score (nSPS) is 12.3. The van der Waals surface area contributed by atoms with Gasteiger partial charge in [-0.1, -0.05) is 12.1 Å². The van der Waals surface area contributed by atoms with E-state index >= 15 is 0 Å². The minimum absolute atomic E-state index is 0.0647. The Bertz CT molecular complexity index is 512. The molecular weight excluding hydrogens is 278 g/mol. The van der Waals surface area contributed by atoms with Crippen molar-refractivity contribution in [2.24, 2.45) is 0 Å². The van der Waals surface area contributed by atoms with Gasteiger partial charge in [0.2, 0.25) is 0 Å². The average molecular weight is 291 g/mol. The lowest BCUT2D eigenvalue weighted by Crippen LogP contribution is -2.21. The first kappa shape index (κ1) is 16.2. The lowest BCUT2D eigenvalue weighted by Gasteiger charge is -2.18. The highest BCUT2D eigenvalue weighted by atomic mass is 19.4. The third-order valence-electron chi connectivity index (χ3n) is 2.50. The first-order chi connectivity index (χ1) is 9.20. The highest BCUT2D eigenvalue weighted by Crippen LogP contribution is 2.32. The molecule has 0 saturated carbocycles. The fraction of sp³-hybridized carbons (Fsp3) is 0.308. The van der Waals surface area contributed by atoms with E-state index in [2.05, 4.69) is 0 Å². The van der Waals surface area contributed by atoms with Crippen molar-refractivity contribution in [3.8, 4) is 0 Å². The number of likely N-dealkylation sites (N-methyl/N-ethyl adjacent to an activating group) is 1. The lowest BCUT2D eigenvalue weighted by atomic mass is 10.1. The van der Waals surface area contributed by atoms with Crippen LogP contribution in [0, 0.1) is 5.82 Å². The monoisotopic (exact) mass is 291 g/mol. The molecule has 1 N–H and O–H groups in total. The van der Waals surface area contributed by atoms with Crippen LogP contribution in [0.15, 0.2) is 30.4 Å². The van der Waals surface area contributed by atoms with Crippen LogP contribution in [0.2, 0.25) is 0 Å². The Labute approximate surface area is 113 Å². The molecule has 0 aromatic heterocycles. The topological polar surface area (TPSA) is 40.5 Å². The number of halogens is 4. The van der Waals surface area contributed by atoms with Crippen LogP contribution >= 0.6 is 0 Å². The minimum atomic E-state index is -4.63. The van der Waals surface area contributed by atoms with E-state index in [1.807, 2.05) is 0 Å². The number of aliphatic carboxylic acids is 1. The van der Waals surface area contributed by atoms with Gasteiger partial charge in [-0.3, -0.25) is 4.90 Å². The summed E-state index contributed by atoms with van der Waals surface area (Å²) in [6.45, 7) is 0.0973. The summed E-state index contributed by atoms with van der Waals surface area (Å²) in [4.78, 5) is 11.8. The fourth-order valence-corrected chi connectivity index (χ4v) is 1.64. The van der Waals surface area contributed by atoms with Gasteiger partial charge in [0, 0.05) is 19.2 Å². The number of carboxylic acids is 1. The smallest absolute Gasteiger partial charge is 0.416 e. The summed E-state index contributed by atoms with van der Waals surface area (Å²) in [5.74, 6) is -2.08. The zero-order valence-electron chi connectivity index (χ0n) is 10.6. The summed E-state index contributed by atoms with van der Waals surface area (Å²) in [5, 5.41) is 8.40. The molecule has 0 fully saturated rings. The largest absolute Gasteiger partial charge is 0.478 e. The third-order valence-corrected chi connectivity index (χ3v) is 2.50. The lowest BCUT2D eigenvalue weighted by molar-refractivity contribution is -0.138. The van der Waals surface area contributed by atoms with Crippen molar-refractivity contribution in [1.82, 2.24) is 4.90 Å². The number of benzene rings is 1. The minimum Gasteiger partial charge on any atom is -0.478 e. The number of carboxylic acid groups (broad SMARTS) is 1. The number of rotatable bonds is 5. The molecule has 7 heteroatoms. The van der Waals surface area contributed by atoms with Gasteiger partial charge in [-0.25, -0.2) is 9.18 Å². The molecule has 0 amide bonds. The van der Waals surface area contributed by atoms with Gasteiger partial charge in [0.15, 0.2) is 0 Å². The van der Waals surface area contributed by atoms with Crippen molar-refractivity contribution in [2.75, 3.05) is 13.6 Å². The molecule has 1 aromatic carbocycles. The van der Waals surface area contributed by atoms with Gasteiger partial charge in [-0.2, -0.15) is 13.2 Å². The third kappa shape index (κ3) is 5.00. The number of alkyl halides is 3.